The lowest BCUT2D eigenvalue weighted by Gasteiger charge is -2.29. The lowest BCUT2D eigenvalue weighted by atomic mass is 10.0. The molecule has 3 aliphatic rings. The predicted molar refractivity (Wildman–Crippen MR) is 78.5 cm³/mol. The lowest BCUT2D eigenvalue weighted by molar-refractivity contribution is -0.139. The Balaban J connectivity index is 1.54. The normalized spacial score (nSPS) is 30.0. The first-order valence-electron chi connectivity index (χ1n) is 7.77. The van der Waals surface area contributed by atoms with Crippen LogP contribution in [0.15, 0.2) is 0 Å². The van der Waals surface area contributed by atoms with E-state index in [2.05, 4.69) is 15.1 Å². The van der Waals surface area contributed by atoms with Crippen molar-refractivity contribution in [1.29, 1.82) is 0 Å². The number of hydrogen-bond acceptors (Lipinski definition) is 7. The third kappa shape index (κ3) is 3.78. The van der Waals surface area contributed by atoms with E-state index >= 15 is 0 Å². The van der Waals surface area contributed by atoms with Gasteiger partial charge in [0.25, 0.3) is 5.91 Å². The first-order chi connectivity index (χ1) is 11.3. The van der Waals surface area contributed by atoms with Crippen molar-refractivity contribution in [3.05, 3.63) is 0 Å². The van der Waals surface area contributed by atoms with E-state index < -0.39 is 34.4 Å². The lowest BCUT2D eigenvalue weighted by Crippen LogP contribution is -2.50. The molecule has 3 amide bonds. The topological polar surface area (TPSA) is 138 Å². The minimum atomic E-state index is -4.79. The van der Waals surface area contributed by atoms with Crippen LogP contribution in [0.4, 0.5) is 4.79 Å². The molecule has 0 aromatic heterocycles. The highest BCUT2D eigenvalue weighted by atomic mass is 32.3. The second-order valence-corrected chi connectivity index (χ2v) is 7.09. The molecule has 0 aromatic carbocycles. The molecule has 2 bridgehead atoms. The molecule has 3 aliphatic heterocycles. The van der Waals surface area contributed by atoms with Crippen molar-refractivity contribution in [3.8, 4) is 0 Å². The van der Waals surface area contributed by atoms with Gasteiger partial charge in [-0.1, -0.05) is 0 Å². The molecule has 0 aliphatic carbocycles. The van der Waals surface area contributed by atoms with Crippen molar-refractivity contribution >= 4 is 22.3 Å². The number of rotatable bonds is 6. The average Bonchev–Trinajstić information content (AvgIpc) is 3.10. The fraction of sp³-hybridized carbons (Fsp3) is 0.833. The van der Waals surface area contributed by atoms with E-state index in [0.717, 1.165) is 19.4 Å². The van der Waals surface area contributed by atoms with E-state index in [1.807, 2.05) is 0 Å². The van der Waals surface area contributed by atoms with E-state index in [1.54, 1.807) is 0 Å². The number of piperidine rings is 1. The first-order valence-corrected chi connectivity index (χ1v) is 9.13. The molecule has 0 radical (unpaired) electrons. The Kier molecular flexibility index (Phi) is 4.92. The Hall–Kier alpha value is -1.47. The summed E-state index contributed by atoms with van der Waals surface area (Å²) in [6.45, 7) is 1.42. The Morgan fingerprint density at radius 1 is 1.38 bits per heavy atom. The number of carbonyl (C=O) groups is 2. The summed E-state index contributed by atoms with van der Waals surface area (Å²) >= 11 is 0. The van der Waals surface area contributed by atoms with Crippen LogP contribution in [0.1, 0.15) is 25.7 Å². The molecule has 3 atom stereocenters. The van der Waals surface area contributed by atoms with E-state index in [4.69, 9.17) is 9.39 Å². The number of hydroxylamine groups is 3. The average molecular weight is 364 g/mol. The van der Waals surface area contributed by atoms with Crippen LogP contribution in [0.2, 0.25) is 0 Å². The Morgan fingerprint density at radius 2 is 2.17 bits per heavy atom. The van der Waals surface area contributed by atoms with Crippen molar-refractivity contribution in [2.45, 2.75) is 43.8 Å². The standard InChI is InChI=1S/C12H20N4O7S/c17-11(14-22-7-8-2-1-5-13-8)10-4-3-9-6-15(10)12(18)16(9)23-24(19,20)21/h8-10,13H,1-7H2,(H,14,17)(H,19,20,21)/t8?,9-,10+/m1/s1. The number of fused-ring (bicyclic) bond motifs is 2. The fourth-order valence-corrected chi connectivity index (χ4v) is 3.67. The molecule has 3 rings (SSSR count). The van der Waals surface area contributed by atoms with Gasteiger partial charge in [0.05, 0.1) is 12.6 Å². The molecule has 24 heavy (non-hydrogen) atoms. The first kappa shape index (κ1) is 17.4. The van der Waals surface area contributed by atoms with Gasteiger partial charge >= 0.3 is 16.4 Å². The van der Waals surface area contributed by atoms with Gasteiger partial charge in [-0.3, -0.25) is 14.2 Å². The second-order valence-electron chi connectivity index (χ2n) is 6.08. The highest BCUT2D eigenvalue weighted by molar-refractivity contribution is 7.80. The van der Waals surface area contributed by atoms with E-state index in [0.29, 0.717) is 24.5 Å². The summed E-state index contributed by atoms with van der Waals surface area (Å²) in [4.78, 5) is 30.8. The van der Waals surface area contributed by atoms with Gasteiger partial charge in [0.1, 0.15) is 6.04 Å². The molecular weight excluding hydrogens is 344 g/mol. The van der Waals surface area contributed by atoms with Crippen molar-refractivity contribution in [2.24, 2.45) is 0 Å². The van der Waals surface area contributed by atoms with E-state index in [1.165, 1.54) is 4.90 Å². The zero-order chi connectivity index (χ0) is 17.3. The van der Waals surface area contributed by atoms with Crippen LogP contribution >= 0.6 is 0 Å². The largest absolute Gasteiger partial charge is 0.418 e. The van der Waals surface area contributed by atoms with Gasteiger partial charge in [-0.2, -0.15) is 13.5 Å². The smallest absolute Gasteiger partial charge is 0.312 e. The van der Waals surface area contributed by atoms with Gasteiger partial charge in [-0.25, -0.2) is 10.3 Å². The fourth-order valence-electron chi connectivity index (χ4n) is 3.28. The summed E-state index contributed by atoms with van der Waals surface area (Å²) in [5.41, 5.74) is 2.35. The number of amides is 3. The van der Waals surface area contributed by atoms with E-state index in [9.17, 15) is 18.0 Å². The van der Waals surface area contributed by atoms with Crippen molar-refractivity contribution in [1.82, 2.24) is 20.8 Å². The van der Waals surface area contributed by atoms with Crippen LogP contribution in [0.5, 0.6) is 0 Å². The molecule has 3 saturated heterocycles. The molecule has 12 heteroatoms. The summed E-state index contributed by atoms with van der Waals surface area (Å²) in [5, 5.41) is 3.83. The van der Waals surface area contributed by atoms with Gasteiger partial charge in [0.15, 0.2) is 0 Å². The maximum Gasteiger partial charge on any atom is 0.418 e. The van der Waals surface area contributed by atoms with Crippen LogP contribution in [0, 0.1) is 0 Å². The summed E-state index contributed by atoms with van der Waals surface area (Å²) in [6, 6.07) is -1.85. The predicted octanol–water partition coefficient (Wildman–Crippen LogP) is -1.21. The van der Waals surface area contributed by atoms with Crippen LogP contribution in [0.3, 0.4) is 0 Å². The molecule has 0 saturated carbocycles. The molecular formula is C12H20N4O7S. The van der Waals surface area contributed by atoms with Crippen LogP contribution in [-0.4, -0.2) is 72.7 Å². The summed E-state index contributed by atoms with van der Waals surface area (Å²) in [7, 11) is -4.79. The Labute approximate surface area is 139 Å². The highest BCUT2D eigenvalue weighted by Crippen LogP contribution is 2.30. The number of nitrogens with zero attached hydrogens (tertiary/aromatic N) is 2. The number of carbonyl (C=O) groups excluding carboxylic acids is 2. The Bertz CT molecular complexity index is 607. The summed E-state index contributed by atoms with van der Waals surface area (Å²) < 4.78 is 34.7. The molecule has 3 N–H and O–H groups in total. The quantitative estimate of drug-likeness (QED) is 0.394. The minimum absolute atomic E-state index is 0.149. The van der Waals surface area contributed by atoms with Gasteiger partial charge in [-0.05, 0) is 32.2 Å². The van der Waals surface area contributed by atoms with Gasteiger partial charge in [0, 0.05) is 12.6 Å². The number of hydrogen-bond donors (Lipinski definition) is 3. The maximum atomic E-state index is 12.2. The summed E-state index contributed by atoms with van der Waals surface area (Å²) in [6.07, 6.45) is 2.77. The number of nitrogens with one attached hydrogen (secondary N) is 2. The highest BCUT2D eigenvalue weighted by Gasteiger charge is 2.49. The second kappa shape index (κ2) is 6.80. The molecule has 0 aromatic rings. The summed E-state index contributed by atoms with van der Waals surface area (Å²) in [5.74, 6) is -0.464. The third-order valence-corrected chi connectivity index (χ3v) is 4.77. The van der Waals surface area contributed by atoms with Crippen LogP contribution in [-0.2, 0) is 24.3 Å². The molecule has 136 valence electrons. The van der Waals surface area contributed by atoms with Gasteiger partial charge in [-0.15, -0.1) is 4.28 Å². The SMILES string of the molecule is O=C(NOCC1CCCN1)[C@@H]1CC[C@@H]2CN1C(=O)N2OS(=O)(=O)O. The molecule has 0 spiro atoms. The molecule has 11 nitrogen and oxygen atoms in total. The van der Waals surface area contributed by atoms with Crippen LogP contribution in [0.25, 0.3) is 0 Å². The van der Waals surface area contributed by atoms with Gasteiger partial charge in [0.2, 0.25) is 0 Å². The molecule has 3 heterocycles. The van der Waals surface area contributed by atoms with E-state index in [-0.39, 0.29) is 12.6 Å². The molecule has 1 unspecified atom stereocenters. The van der Waals surface area contributed by atoms with Gasteiger partial charge < -0.3 is 10.2 Å². The van der Waals surface area contributed by atoms with Crippen molar-refractivity contribution in [3.63, 3.8) is 0 Å². The number of urea groups is 1. The minimum Gasteiger partial charge on any atom is -0.312 e. The zero-order valence-electron chi connectivity index (χ0n) is 12.9. The zero-order valence-corrected chi connectivity index (χ0v) is 13.7. The molecule has 3 fully saturated rings. The maximum absolute atomic E-state index is 12.2. The monoisotopic (exact) mass is 364 g/mol. The van der Waals surface area contributed by atoms with Crippen molar-refractivity contribution < 1.29 is 31.7 Å². The van der Waals surface area contributed by atoms with Crippen LogP contribution < -0.4 is 10.8 Å². The third-order valence-electron chi connectivity index (χ3n) is 4.42. The Morgan fingerprint density at radius 3 is 2.83 bits per heavy atom. The van der Waals surface area contributed by atoms with Crippen molar-refractivity contribution in [2.75, 3.05) is 19.7 Å².